The van der Waals surface area contributed by atoms with Crippen molar-refractivity contribution < 1.29 is 0 Å². The second-order valence-electron chi connectivity index (χ2n) is 4.64. The van der Waals surface area contributed by atoms with Crippen LogP contribution < -0.4 is 5.73 Å². The number of benzene rings is 1. The van der Waals surface area contributed by atoms with Crippen molar-refractivity contribution in [3.05, 3.63) is 36.7 Å². The number of hydrogen-bond donors (Lipinski definition) is 1. The summed E-state index contributed by atoms with van der Waals surface area (Å²) in [6, 6.07) is 7.90. The molecule has 4 nitrogen and oxygen atoms in total. The Bertz CT molecular complexity index is 514. The van der Waals surface area contributed by atoms with Crippen LogP contribution in [-0.4, -0.2) is 34.3 Å². The van der Waals surface area contributed by atoms with Gasteiger partial charge in [0.15, 0.2) is 0 Å². The lowest BCUT2D eigenvalue weighted by Gasteiger charge is -2.17. The summed E-state index contributed by atoms with van der Waals surface area (Å²) < 4.78 is 2.00. The Balaban J connectivity index is 2.03. The highest BCUT2D eigenvalue weighted by Crippen LogP contribution is 2.20. The summed E-state index contributed by atoms with van der Waals surface area (Å²) in [7, 11) is 0. The van der Waals surface area contributed by atoms with E-state index in [1.807, 2.05) is 29.1 Å². The van der Waals surface area contributed by atoms with Crippen LogP contribution in [0.5, 0.6) is 0 Å². The Morgan fingerprint density at radius 3 is 2.68 bits per heavy atom. The van der Waals surface area contributed by atoms with Crippen LogP contribution in [0, 0.1) is 0 Å². The number of nitrogens with two attached hydrogens (primary N) is 1. The van der Waals surface area contributed by atoms with Crippen molar-refractivity contribution in [3.8, 4) is 11.1 Å². The maximum atomic E-state index is 5.80. The van der Waals surface area contributed by atoms with E-state index in [4.69, 9.17) is 5.73 Å². The van der Waals surface area contributed by atoms with E-state index in [0.717, 1.165) is 43.0 Å². The van der Waals surface area contributed by atoms with Gasteiger partial charge >= 0.3 is 0 Å². The Morgan fingerprint density at radius 2 is 2.00 bits per heavy atom. The molecule has 1 aromatic carbocycles. The van der Waals surface area contributed by atoms with Gasteiger partial charge in [-0.15, -0.1) is 0 Å². The first-order valence-corrected chi connectivity index (χ1v) is 6.83. The Labute approximate surface area is 114 Å². The van der Waals surface area contributed by atoms with Crippen molar-refractivity contribution in [1.29, 1.82) is 0 Å². The first-order valence-electron chi connectivity index (χ1n) is 6.83. The smallest absolute Gasteiger partial charge is 0.0568 e. The van der Waals surface area contributed by atoms with Crippen molar-refractivity contribution in [3.63, 3.8) is 0 Å². The van der Waals surface area contributed by atoms with E-state index in [0.29, 0.717) is 0 Å². The molecule has 102 valence electrons. The van der Waals surface area contributed by atoms with E-state index in [9.17, 15) is 0 Å². The zero-order valence-corrected chi connectivity index (χ0v) is 11.7. The van der Waals surface area contributed by atoms with Crippen LogP contribution in [0.2, 0.25) is 0 Å². The Morgan fingerprint density at radius 1 is 1.21 bits per heavy atom. The van der Waals surface area contributed by atoms with Crippen LogP contribution in [0.25, 0.3) is 11.1 Å². The van der Waals surface area contributed by atoms with E-state index in [-0.39, 0.29) is 0 Å². The van der Waals surface area contributed by atoms with Crippen molar-refractivity contribution >= 4 is 5.69 Å². The molecule has 0 amide bonds. The minimum atomic E-state index is 0.786. The molecule has 0 spiro atoms. The van der Waals surface area contributed by atoms with Crippen molar-refractivity contribution in [1.82, 2.24) is 14.7 Å². The van der Waals surface area contributed by atoms with Crippen molar-refractivity contribution in [2.45, 2.75) is 20.4 Å². The molecule has 1 aromatic heterocycles. The fourth-order valence-corrected chi connectivity index (χ4v) is 2.14. The molecule has 0 aliphatic carbocycles. The predicted octanol–water partition coefficient (Wildman–Crippen LogP) is 2.47. The third kappa shape index (κ3) is 3.58. The van der Waals surface area contributed by atoms with Gasteiger partial charge in [0.05, 0.1) is 12.7 Å². The minimum Gasteiger partial charge on any atom is -0.399 e. The molecule has 0 saturated carbocycles. The molecule has 2 N–H and O–H groups in total. The standard InChI is InChI=1S/C15H22N4/c1-3-18(4-2)8-9-19-12-14(11-17-19)13-6-5-7-15(16)10-13/h5-7,10-12H,3-4,8-9,16H2,1-2H3. The van der Waals surface area contributed by atoms with Gasteiger partial charge in [0.1, 0.15) is 0 Å². The summed E-state index contributed by atoms with van der Waals surface area (Å²) in [5.41, 5.74) is 8.83. The van der Waals surface area contributed by atoms with Gasteiger partial charge in [0.2, 0.25) is 0 Å². The molecule has 19 heavy (non-hydrogen) atoms. The van der Waals surface area contributed by atoms with Crippen LogP contribution >= 0.6 is 0 Å². The molecular formula is C15H22N4. The first-order chi connectivity index (χ1) is 9.22. The third-order valence-electron chi connectivity index (χ3n) is 3.39. The van der Waals surface area contributed by atoms with E-state index >= 15 is 0 Å². The first kappa shape index (κ1) is 13.6. The van der Waals surface area contributed by atoms with E-state index in [1.165, 1.54) is 0 Å². The van der Waals surface area contributed by atoms with Crippen molar-refractivity contribution in [2.24, 2.45) is 0 Å². The molecule has 4 heteroatoms. The van der Waals surface area contributed by atoms with E-state index in [1.54, 1.807) is 0 Å². The topological polar surface area (TPSA) is 47.1 Å². The Hall–Kier alpha value is -1.81. The lowest BCUT2D eigenvalue weighted by atomic mass is 10.1. The summed E-state index contributed by atoms with van der Waals surface area (Å²) in [6.07, 6.45) is 3.98. The summed E-state index contributed by atoms with van der Waals surface area (Å²) in [4.78, 5) is 2.39. The quantitative estimate of drug-likeness (QED) is 0.810. The molecule has 0 aliphatic heterocycles. The maximum Gasteiger partial charge on any atom is 0.0568 e. The highest BCUT2D eigenvalue weighted by atomic mass is 15.3. The summed E-state index contributed by atoms with van der Waals surface area (Å²) >= 11 is 0. The monoisotopic (exact) mass is 258 g/mol. The predicted molar refractivity (Wildman–Crippen MR) is 79.9 cm³/mol. The van der Waals surface area contributed by atoms with Gasteiger partial charge < -0.3 is 10.6 Å². The molecular weight excluding hydrogens is 236 g/mol. The molecule has 0 saturated heterocycles. The second kappa shape index (κ2) is 6.38. The summed E-state index contributed by atoms with van der Waals surface area (Å²) in [5, 5.41) is 4.41. The fraction of sp³-hybridized carbons (Fsp3) is 0.400. The number of hydrogen-bond acceptors (Lipinski definition) is 3. The van der Waals surface area contributed by atoms with E-state index in [2.05, 4.69) is 36.1 Å². The van der Waals surface area contributed by atoms with Crippen molar-refractivity contribution in [2.75, 3.05) is 25.4 Å². The number of rotatable bonds is 6. The second-order valence-corrected chi connectivity index (χ2v) is 4.64. The van der Waals surface area contributed by atoms with Gasteiger partial charge in [-0.05, 0) is 30.8 Å². The van der Waals surface area contributed by atoms with Gasteiger partial charge in [0, 0.05) is 24.0 Å². The highest BCUT2D eigenvalue weighted by Gasteiger charge is 2.04. The summed E-state index contributed by atoms with van der Waals surface area (Å²) in [5.74, 6) is 0. The number of aromatic nitrogens is 2. The number of nitrogen functional groups attached to an aromatic ring is 1. The molecule has 0 radical (unpaired) electrons. The molecule has 0 aliphatic rings. The lowest BCUT2D eigenvalue weighted by Crippen LogP contribution is -2.27. The van der Waals surface area contributed by atoms with Crippen LogP contribution in [-0.2, 0) is 6.54 Å². The lowest BCUT2D eigenvalue weighted by molar-refractivity contribution is 0.285. The van der Waals surface area contributed by atoms with Crippen LogP contribution in [0.4, 0.5) is 5.69 Å². The van der Waals surface area contributed by atoms with E-state index < -0.39 is 0 Å². The third-order valence-corrected chi connectivity index (χ3v) is 3.39. The van der Waals surface area contributed by atoms with Gasteiger partial charge in [-0.25, -0.2) is 0 Å². The molecule has 2 rings (SSSR count). The highest BCUT2D eigenvalue weighted by molar-refractivity contribution is 5.65. The fourth-order valence-electron chi connectivity index (χ4n) is 2.14. The zero-order valence-electron chi connectivity index (χ0n) is 11.7. The van der Waals surface area contributed by atoms with Crippen LogP contribution in [0.1, 0.15) is 13.8 Å². The zero-order chi connectivity index (χ0) is 13.7. The van der Waals surface area contributed by atoms with Gasteiger partial charge in [-0.3, -0.25) is 4.68 Å². The van der Waals surface area contributed by atoms with Gasteiger partial charge in [-0.1, -0.05) is 26.0 Å². The van der Waals surface area contributed by atoms with Gasteiger partial charge in [-0.2, -0.15) is 5.10 Å². The number of likely N-dealkylation sites (N-methyl/N-ethyl adjacent to an activating group) is 1. The largest absolute Gasteiger partial charge is 0.399 e. The normalized spacial score (nSPS) is 11.1. The average molecular weight is 258 g/mol. The number of nitrogens with zero attached hydrogens (tertiary/aromatic N) is 3. The molecule has 0 unspecified atom stereocenters. The maximum absolute atomic E-state index is 5.80. The SMILES string of the molecule is CCN(CC)CCn1cc(-c2cccc(N)c2)cn1. The minimum absolute atomic E-state index is 0.786. The molecule has 0 atom stereocenters. The number of anilines is 1. The summed E-state index contributed by atoms with van der Waals surface area (Å²) in [6.45, 7) is 8.49. The molecule has 0 bridgehead atoms. The molecule has 2 aromatic rings. The average Bonchev–Trinajstić information content (AvgIpc) is 2.89. The molecule has 1 heterocycles. The Kier molecular flexibility index (Phi) is 4.58. The van der Waals surface area contributed by atoms with Gasteiger partial charge in [0.25, 0.3) is 0 Å². The molecule has 0 fully saturated rings. The van der Waals surface area contributed by atoms with Crippen LogP contribution in [0.3, 0.4) is 0 Å². The van der Waals surface area contributed by atoms with Crippen LogP contribution in [0.15, 0.2) is 36.7 Å².